The fraction of sp³-hybridized carbons (Fsp3) is 0.0667. The number of aromatic carboxylic acids is 3. The van der Waals surface area contributed by atoms with Gasteiger partial charge in [-0.3, -0.25) is 0 Å². The van der Waals surface area contributed by atoms with E-state index in [0.717, 1.165) is 21.4 Å². The van der Waals surface area contributed by atoms with Crippen LogP contribution in [0.25, 0.3) is 0 Å². The summed E-state index contributed by atoms with van der Waals surface area (Å²) in [7, 11) is 1.33. The van der Waals surface area contributed by atoms with Crippen molar-refractivity contribution in [2.24, 2.45) is 0 Å². The van der Waals surface area contributed by atoms with Crippen molar-refractivity contribution in [3.05, 3.63) is 195 Å². The minimum atomic E-state index is -1.16. The molecule has 6 rings (SSSR count). The summed E-state index contributed by atoms with van der Waals surface area (Å²) in [4.78, 5) is 66.4. The van der Waals surface area contributed by atoms with E-state index in [4.69, 9.17) is 4.74 Å². The molecule has 0 bridgehead atoms. The van der Waals surface area contributed by atoms with E-state index in [0.29, 0.717) is 16.9 Å². The third-order valence-corrected chi connectivity index (χ3v) is 16.1. The van der Waals surface area contributed by atoms with Crippen molar-refractivity contribution >= 4 is 35.6 Å². The van der Waals surface area contributed by atoms with Gasteiger partial charge in [0.1, 0.15) is 0 Å². The Morgan fingerprint density at radius 2 is 0.763 bits per heavy atom. The van der Waals surface area contributed by atoms with E-state index < -0.39 is 81.5 Å². The maximum absolute atomic E-state index is 11.3. The van der Waals surface area contributed by atoms with E-state index in [1.54, 1.807) is 84.9 Å². The molecule has 306 valence electrons. The third kappa shape index (κ3) is 14.7. The molecule has 14 heteroatoms. The molecule has 0 aliphatic heterocycles. The van der Waals surface area contributed by atoms with Gasteiger partial charge < -0.3 is 0 Å². The number of carbonyl (C=O) groups is 6. The quantitative estimate of drug-likeness (QED) is 0.0492. The topological polar surface area (TPSA) is 190 Å². The molecule has 0 atom stereocenters. The van der Waals surface area contributed by atoms with Gasteiger partial charge in [0.25, 0.3) is 0 Å². The monoisotopic (exact) mass is 1130 g/mol. The first-order chi connectivity index (χ1) is 28.2. The summed E-state index contributed by atoms with van der Waals surface area (Å²) >= 11 is -1.85. The van der Waals surface area contributed by atoms with Crippen molar-refractivity contribution < 1.29 is 117 Å². The Hall–Kier alpha value is -5.47. The van der Waals surface area contributed by atoms with E-state index in [-0.39, 0.29) is 34.4 Å². The van der Waals surface area contributed by atoms with Gasteiger partial charge in [-0.2, -0.15) is 0 Å². The molecular formula is C45H33I3O11-6. The Balaban J connectivity index is 0.000000196. The molecule has 0 saturated carbocycles. The molecule has 0 spiro atoms. The summed E-state index contributed by atoms with van der Waals surface area (Å²) in [5.74, 6) is -3.70. The van der Waals surface area contributed by atoms with E-state index in [1.807, 2.05) is 60.7 Å². The van der Waals surface area contributed by atoms with Gasteiger partial charge in [-0.15, -0.1) is 0 Å². The van der Waals surface area contributed by atoms with Crippen LogP contribution in [-0.4, -0.2) is 42.7 Å². The molecule has 0 saturated heterocycles. The standard InChI is InChI=1S/2C15H12IO4.C15H12IO3/c1-20-15(19)10-6-8-11(9-7-10)16-13-5-3-2-4-12(13)14(17)18;1-10(17)20-12-8-6-11(7-9-12)16-14-5-3-2-4-13(14)15(18)19;1-10(17)11-6-8-12(9-7-11)16-14-5-3-2-4-13(14)15(18)19/h2-9H,1H3,(H,17,18);2-9H,1H3,(H,18,19);2-9H,1H3,(H,18,19)/q3*-1/p-3. The summed E-state index contributed by atoms with van der Waals surface area (Å²) in [6.07, 6.45) is 0. The van der Waals surface area contributed by atoms with Crippen LogP contribution in [0.2, 0.25) is 0 Å². The number of methoxy groups -OCH3 is 1. The molecule has 6 aromatic rings. The molecule has 59 heavy (non-hydrogen) atoms. The zero-order valence-corrected chi connectivity index (χ0v) is 38.0. The van der Waals surface area contributed by atoms with Crippen molar-refractivity contribution in [1.29, 1.82) is 0 Å². The molecule has 0 fully saturated rings. The summed E-state index contributed by atoms with van der Waals surface area (Å²) in [6.45, 7) is 2.87. The second-order valence-electron chi connectivity index (χ2n) is 11.7. The molecule has 0 radical (unpaired) electrons. The van der Waals surface area contributed by atoms with Gasteiger partial charge >= 0.3 is 374 Å². The van der Waals surface area contributed by atoms with Crippen LogP contribution in [0, 0.1) is 21.4 Å². The van der Waals surface area contributed by atoms with Crippen LogP contribution in [0.15, 0.2) is 146 Å². The van der Waals surface area contributed by atoms with Crippen LogP contribution >= 0.6 is 0 Å². The van der Waals surface area contributed by atoms with Crippen LogP contribution in [0.3, 0.4) is 0 Å². The third-order valence-electron chi connectivity index (χ3n) is 7.51. The van der Waals surface area contributed by atoms with Gasteiger partial charge in [0.2, 0.25) is 0 Å². The molecule has 0 N–H and O–H groups in total. The number of hydrogen-bond acceptors (Lipinski definition) is 11. The number of esters is 2. The SMILES string of the molecule is CC(=O)Oc1ccc([I-]c2ccccc2C(=O)[O-])cc1.CC(=O)c1ccc([I-]c2ccccc2C(=O)[O-])cc1.COC(=O)c1ccc([I-]c2ccccc2C(=O)[O-])cc1. The van der Waals surface area contributed by atoms with Gasteiger partial charge in [0, 0.05) is 0 Å². The second-order valence-corrected chi connectivity index (χ2v) is 20.5. The van der Waals surface area contributed by atoms with Gasteiger partial charge in [-0.25, -0.2) is 0 Å². The summed E-state index contributed by atoms with van der Waals surface area (Å²) in [5, 5.41) is 33.1. The number of carboxylic acid groups (broad SMARTS) is 3. The number of ketones is 1. The molecule has 0 aliphatic carbocycles. The van der Waals surface area contributed by atoms with E-state index >= 15 is 0 Å². The van der Waals surface area contributed by atoms with Crippen molar-refractivity contribution in [2.45, 2.75) is 13.8 Å². The summed E-state index contributed by atoms with van der Waals surface area (Å²) in [5.41, 5.74) is 1.88. The number of benzene rings is 6. The number of halogens is 3. The number of Topliss-reactive ketones (excluding diaryl/α,β-unsaturated/α-hetero) is 1. The molecule has 0 aliphatic rings. The van der Waals surface area contributed by atoms with Crippen LogP contribution in [0.1, 0.15) is 65.6 Å². The number of hydrogen-bond donors (Lipinski definition) is 0. The number of carbonyl (C=O) groups excluding carboxylic acids is 6. The van der Waals surface area contributed by atoms with Crippen LogP contribution in [-0.2, 0) is 9.53 Å². The molecular weight excluding hydrogens is 1100 g/mol. The van der Waals surface area contributed by atoms with Crippen molar-refractivity contribution in [2.75, 3.05) is 7.11 Å². The number of ether oxygens (including phenoxy) is 2. The van der Waals surface area contributed by atoms with Gasteiger partial charge in [-0.05, 0) is 0 Å². The fourth-order valence-electron chi connectivity index (χ4n) is 4.73. The zero-order chi connectivity index (χ0) is 42.9. The minimum absolute atomic E-state index is 0.0277. The molecule has 0 heterocycles. The number of carboxylic acids is 3. The predicted molar refractivity (Wildman–Crippen MR) is 196 cm³/mol. The Morgan fingerprint density at radius 1 is 0.441 bits per heavy atom. The van der Waals surface area contributed by atoms with E-state index in [2.05, 4.69) is 4.74 Å². The average molecular weight is 1130 g/mol. The fourth-order valence-corrected chi connectivity index (χ4v) is 12.1. The maximum atomic E-state index is 11.3. The number of rotatable bonds is 12. The predicted octanol–water partition coefficient (Wildman–Crippen LogP) is -5.55. The second kappa shape index (κ2) is 23.2. The summed E-state index contributed by atoms with van der Waals surface area (Å²) < 4.78 is 15.1. The first kappa shape index (κ1) is 46.2. The Labute approximate surface area is 371 Å². The van der Waals surface area contributed by atoms with Crippen LogP contribution in [0.5, 0.6) is 5.75 Å². The first-order valence-corrected chi connectivity index (χ1v) is 23.7. The molecule has 0 aromatic heterocycles. The molecule has 11 nitrogen and oxygen atoms in total. The Bertz CT molecular complexity index is 2430. The van der Waals surface area contributed by atoms with Gasteiger partial charge in [0.15, 0.2) is 0 Å². The van der Waals surface area contributed by atoms with E-state index in [1.165, 1.54) is 21.0 Å². The molecule has 0 amide bonds. The Kier molecular flexibility index (Phi) is 18.2. The normalized spacial score (nSPS) is 10.3. The van der Waals surface area contributed by atoms with Crippen LogP contribution in [0.4, 0.5) is 0 Å². The zero-order valence-electron chi connectivity index (χ0n) is 31.5. The first-order valence-electron chi connectivity index (χ1n) is 17.2. The van der Waals surface area contributed by atoms with Gasteiger partial charge in [-0.1, -0.05) is 0 Å². The van der Waals surface area contributed by atoms with Crippen molar-refractivity contribution in [1.82, 2.24) is 0 Å². The average Bonchev–Trinajstić information content (AvgIpc) is 3.22. The summed E-state index contributed by atoms with van der Waals surface area (Å²) in [6, 6.07) is 42.0. The van der Waals surface area contributed by atoms with Crippen molar-refractivity contribution in [3.8, 4) is 5.75 Å². The molecule has 6 aromatic carbocycles. The Morgan fingerprint density at radius 3 is 1.07 bits per heavy atom. The van der Waals surface area contributed by atoms with Crippen molar-refractivity contribution in [3.63, 3.8) is 0 Å². The van der Waals surface area contributed by atoms with Gasteiger partial charge in [0.05, 0.1) is 0 Å². The van der Waals surface area contributed by atoms with E-state index in [9.17, 15) is 44.1 Å². The van der Waals surface area contributed by atoms with Crippen LogP contribution < -0.4 is 83.7 Å². The molecule has 0 unspecified atom stereocenters.